The molecule has 0 aromatic heterocycles. The number of fused-ring (bicyclic) bond motifs is 1. The predicted octanol–water partition coefficient (Wildman–Crippen LogP) is 4.63. The lowest BCUT2D eigenvalue weighted by atomic mass is 9.82. The SMILES string of the molecule is COc1ccccc1CNC(=O)[C@]1(C)Cc2ccccc2C(=O)N1c1cccc(Cl)c1. The minimum Gasteiger partial charge on any atom is -0.496 e. The van der Waals surface area contributed by atoms with Gasteiger partial charge in [-0.15, -0.1) is 0 Å². The minimum atomic E-state index is -1.13. The van der Waals surface area contributed by atoms with Gasteiger partial charge in [-0.25, -0.2) is 0 Å². The molecule has 1 aliphatic rings. The number of methoxy groups -OCH3 is 1. The van der Waals surface area contributed by atoms with Crippen LogP contribution in [0.25, 0.3) is 0 Å². The van der Waals surface area contributed by atoms with E-state index in [2.05, 4.69) is 5.32 Å². The highest BCUT2D eigenvalue weighted by Gasteiger charge is 2.47. The Bertz CT molecular complexity index is 1150. The largest absolute Gasteiger partial charge is 0.496 e. The van der Waals surface area contributed by atoms with E-state index in [0.29, 0.717) is 28.4 Å². The highest BCUT2D eigenvalue weighted by Crippen LogP contribution is 2.36. The number of ether oxygens (including phenoxy) is 1. The van der Waals surface area contributed by atoms with Gasteiger partial charge in [0.2, 0.25) is 5.91 Å². The summed E-state index contributed by atoms with van der Waals surface area (Å²) in [7, 11) is 1.60. The Morgan fingerprint density at radius 2 is 1.84 bits per heavy atom. The van der Waals surface area contributed by atoms with Crippen LogP contribution in [0.15, 0.2) is 72.8 Å². The molecule has 0 saturated carbocycles. The summed E-state index contributed by atoms with van der Waals surface area (Å²) in [5.74, 6) is 0.227. The molecule has 0 unspecified atom stereocenters. The smallest absolute Gasteiger partial charge is 0.259 e. The number of anilines is 1. The van der Waals surface area contributed by atoms with Crippen molar-refractivity contribution in [1.29, 1.82) is 0 Å². The number of amides is 2. The Kier molecular flexibility index (Phi) is 5.70. The molecule has 2 amide bonds. The van der Waals surface area contributed by atoms with Crippen molar-refractivity contribution in [2.75, 3.05) is 12.0 Å². The predicted molar refractivity (Wildman–Crippen MR) is 122 cm³/mol. The molecule has 3 aromatic rings. The molecule has 4 rings (SSSR count). The molecule has 1 aliphatic heterocycles. The summed E-state index contributed by atoms with van der Waals surface area (Å²) >= 11 is 6.21. The van der Waals surface area contributed by atoms with E-state index in [1.54, 1.807) is 49.3 Å². The van der Waals surface area contributed by atoms with Crippen LogP contribution in [-0.4, -0.2) is 24.5 Å². The molecule has 3 aromatic carbocycles. The van der Waals surface area contributed by atoms with Crippen LogP contribution in [0, 0.1) is 0 Å². The highest BCUT2D eigenvalue weighted by molar-refractivity contribution is 6.31. The first-order chi connectivity index (χ1) is 14.9. The molecule has 0 spiro atoms. The zero-order chi connectivity index (χ0) is 22.0. The van der Waals surface area contributed by atoms with Gasteiger partial charge in [0.1, 0.15) is 11.3 Å². The van der Waals surface area contributed by atoms with Crippen molar-refractivity contribution in [3.8, 4) is 5.75 Å². The Balaban J connectivity index is 1.71. The molecule has 158 valence electrons. The van der Waals surface area contributed by atoms with Crippen LogP contribution in [0.3, 0.4) is 0 Å². The topological polar surface area (TPSA) is 58.6 Å². The maximum atomic E-state index is 13.5. The molecule has 0 radical (unpaired) electrons. The molecule has 6 heteroatoms. The van der Waals surface area contributed by atoms with Crippen LogP contribution in [0.5, 0.6) is 5.75 Å². The van der Waals surface area contributed by atoms with E-state index < -0.39 is 5.54 Å². The van der Waals surface area contributed by atoms with E-state index >= 15 is 0 Å². The van der Waals surface area contributed by atoms with Crippen molar-refractivity contribution >= 4 is 29.1 Å². The van der Waals surface area contributed by atoms with Gasteiger partial charge in [-0.1, -0.05) is 54.1 Å². The second-order valence-corrected chi connectivity index (χ2v) is 8.16. The fourth-order valence-electron chi connectivity index (χ4n) is 4.09. The molecular formula is C25H23ClN2O3. The highest BCUT2D eigenvalue weighted by atomic mass is 35.5. The molecule has 0 saturated heterocycles. The number of para-hydroxylation sites is 1. The first kappa shape index (κ1) is 20.9. The van der Waals surface area contributed by atoms with Gasteiger partial charge in [0, 0.05) is 34.8 Å². The van der Waals surface area contributed by atoms with Gasteiger partial charge in [0.25, 0.3) is 5.91 Å². The van der Waals surface area contributed by atoms with Crippen LogP contribution in [0.4, 0.5) is 5.69 Å². The molecule has 1 atom stereocenters. The second kappa shape index (κ2) is 8.44. The first-order valence-corrected chi connectivity index (χ1v) is 10.4. The number of hydrogen-bond acceptors (Lipinski definition) is 3. The van der Waals surface area contributed by atoms with E-state index in [4.69, 9.17) is 16.3 Å². The number of halogens is 1. The minimum absolute atomic E-state index is 0.223. The Morgan fingerprint density at radius 1 is 1.10 bits per heavy atom. The number of carbonyl (C=O) groups excluding carboxylic acids is 2. The number of nitrogens with zero attached hydrogens (tertiary/aromatic N) is 1. The lowest BCUT2D eigenvalue weighted by Gasteiger charge is -2.44. The molecule has 31 heavy (non-hydrogen) atoms. The number of benzene rings is 3. The summed E-state index contributed by atoms with van der Waals surface area (Å²) < 4.78 is 5.38. The zero-order valence-corrected chi connectivity index (χ0v) is 18.1. The molecule has 0 bridgehead atoms. The second-order valence-electron chi connectivity index (χ2n) is 7.72. The summed E-state index contributed by atoms with van der Waals surface area (Å²) in [5.41, 5.74) is 1.76. The van der Waals surface area contributed by atoms with Crippen LogP contribution in [0.2, 0.25) is 5.02 Å². The third kappa shape index (κ3) is 3.89. The van der Waals surface area contributed by atoms with E-state index in [9.17, 15) is 9.59 Å². The monoisotopic (exact) mass is 434 g/mol. The third-order valence-corrected chi connectivity index (χ3v) is 5.90. The van der Waals surface area contributed by atoms with Gasteiger partial charge >= 0.3 is 0 Å². The van der Waals surface area contributed by atoms with E-state index in [1.165, 1.54) is 0 Å². The summed E-state index contributed by atoms with van der Waals surface area (Å²) in [6, 6.07) is 21.9. The Hall–Kier alpha value is -3.31. The summed E-state index contributed by atoms with van der Waals surface area (Å²) in [6.45, 7) is 2.08. The van der Waals surface area contributed by atoms with Gasteiger partial charge in [-0.05, 0) is 42.8 Å². The molecule has 1 N–H and O–H groups in total. The van der Waals surface area contributed by atoms with Crippen molar-refractivity contribution in [3.05, 3.63) is 94.5 Å². The van der Waals surface area contributed by atoms with Gasteiger partial charge in [0.15, 0.2) is 0 Å². The fraction of sp³-hybridized carbons (Fsp3) is 0.200. The van der Waals surface area contributed by atoms with Crippen molar-refractivity contribution in [1.82, 2.24) is 5.32 Å². The Morgan fingerprint density at radius 3 is 2.61 bits per heavy atom. The van der Waals surface area contributed by atoms with Crippen molar-refractivity contribution in [3.63, 3.8) is 0 Å². The van der Waals surface area contributed by atoms with Gasteiger partial charge in [0.05, 0.1) is 7.11 Å². The number of hydrogen-bond donors (Lipinski definition) is 1. The van der Waals surface area contributed by atoms with Crippen molar-refractivity contribution in [2.24, 2.45) is 0 Å². The van der Waals surface area contributed by atoms with Gasteiger partial charge < -0.3 is 10.1 Å². The molecule has 5 nitrogen and oxygen atoms in total. The lowest BCUT2D eigenvalue weighted by molar-refractivity contribution is -0.126. The van der Waals surface area contributed by atoms with Crippen molar-refractivity contribution < 1.29 is 14.3 Å². The van der Waals surface area contributed by atoms with Gasteiger partial charge in [-0.3, -0.25) is 14.5 Å². The normalized spacial score (nSPS) is 17.8. The number of nitrogens with one attached hydrogen (secondary N) is 1. The molecular weight excluding hydrogens is 412 g/mol. The van der Waals surface area contributed by atoms with E-state index in [0.717, 1.165) is 11.1 Å². The Labute approximate surface area is 186 Å². The quantitative estimate of drug-likeness (QED) is 0.637. The lowest BCUT2D eigenvalue weighted by Crippen LogP contribution is -2.63. The average Bonchev–Trinajstić information content (AvgIpc) is 2.77. The van der Waals surface area contributed by atoms with Gasteiger partial charge in [-0.2, -0.15) is 0 Å². The summed E-state index contributed by atoms with van der Waals surface area (Å²) in [5, 5.41) is 3.50. The molecule has 1 heterocycles. The van der Waals surface area contributed by atoms with Crippen LogP contribution < -0.4 is 15.0 Å². The summed E-state index contributed by atoms with van der Waals surface area (Å²) in [6.07, 6.45) is 0.388. The van der Waals surface area contributed by atoms with Crippen molar-refractivity contribution in [2.45, 2.75) is 25.4 Å². The molecule has 0 fully saturated rings. The van der Waals surface area contributed by atoms with Crippen LogP contribution in [0.1, 0.15) is 28.4 Å². The van der Waals surface area contributed by atoms with E-state index in [1.807, 2.05) is 42.5 Å². The maximum absolute atomic E-state index is 13.5. The average molecular weight is 435 g/mol. The number of rotatable bonds is 5. The maximum Gasteiger partial charge on any atom is 0.259 e. The zero-order valence-electron chi connectivity index (χ0n) is 17.4. The van der Waals surface area contributed by atoms with Crippen LogP contribution >= 0.6 is 11.6 Å². The van der Waals surface area contributed by atoms with Crippen LogP contribution in [-0.2, 0) is 17.8 Å². The molecule has 0 aliphatic carbocycles. The number of carbonyl (C=O) groups is 2. The summed E-state index contributed by atoms with van der Waals surface area (Å²) in [4.78, 5) is 28.6. The standard InChI is InChI=1S/C25H23ClN2O3/c1-25(24(30)27-16-18-9-4-6-13-22(18)31-2)15-17-8-3-5-12-21(17)23(29)28(25)20-11-7-10-19(26)14-20/h3-14H,15-16H2,1-2H3,(H,27,30)/t25-/m0/s1. The first-order valence-electron chi connectivity index (χ1n) is 10.0. The van der Waals surface area contributed by atoms with E-state index in [-0.39, 0.29) is 18.4 Å². The third-order valence-electron chi connectivity index (χ3n) is 5.67. The fourth-order valence-corrected chi connectivity index (χ4v) is 4.28.